The lowest BCUT2D eigenvalue weighted by atomic mass is 10.1. The molecule has 0 unspecified atom stereocenters. The molecule has 0 spiro atoms. The lowest BCUT2D eigenvalue weighted by Crippen LogP contribution is -2.13. The van der Waals surface area contributed by atoms with Gasteiger partial charge in [0.05, 0.1) is 12.8 Å². The normalized spacial score (nSPS) is 10.3. The molecule has 0 aliphatic carbocycles. The Labute approximate surface area is 124 Å². The summed E-state index contributed by atoms with van der Waals surface area (Å²) in [6.07, 6.45) is 1.71. The molecule has 0 fully saturated rings. The Morgan fingerprint density at radius 1 is 1.29 bits per heavy atom. The summed E-state index contributed by atoms with van der Waals surface area (Å²) in [4.78, 5) is 6.21. The Morgan fingerprint density at radius 2 is 2.05 bits per heavy atom. The van der Waals surface area contributed by atoms with Gasteiger partial charge in [-0.25, -0.2) is 9.37 Å². The molecule has 0 saturated heterocycles. The number of rotatable bonds is 5. The number of methoxy groups -OCH3 is 1. The average Bonchev–Trinajstić information content (AvgIpc) is 2.45. The van der Waals surface area contributed by atoms with Crippen molar-refractivity contribution in [2.75, 3.05) is 31.4 Å². The molecular weight excluding hydrogens is 269 g/mol. The molecule has 4 nitrogen and oxygen atoms in total. The highest BCUT2D eigenvalue weighted by Gasteiger charge is 2.12. The van der Waals surface area contributed by atoms with E-state index in [4.69, 9.17) is 4.74 Å². The largest absolute Gasteiger partial charge is 0.479 e. The van der Waals surface area contributed by atoms with Crippen LogP contribution in [0.15, 0.2) is 30.5 Å². The van der Waals surface area contributed by atoms with Crippen LogP contribution in [0.4, 0.5) is 15.8 Å². The number of aromatic nitrogens is 1. The molecule has 112 valence electrons. The van der Waals surface area contributed by atoms with Crippen LogP contribution in [0.25, 0.3) is 0 Å². The summed E-state index contributed by atoms with van der Waals surface area (Å²) >= 11 is 0. The molecule has 0 aliphatic rings. The van der Waals surface area contributed by atoms with Gasteiger partial charge in [0, 0.05) is 26.8 Å². The number of nitrogens with one attached hydrogen (secondary N) is 1. The van der Waals surface area contributed by atoms with Crippen molar-refractivity contribution in [2.24, 2.45) is 0 Å². The van der Waals surface area contributed by atoms with Gasteiger partial charge < -0.3 is 15.0 Å². The van der Waals surface area contributed by atoms with Crippen molar-refractivity contribution < 1.29 is 9.13 Å². The van der Waals surface area contributed by atoms with Gasteiger partial charge in [0.1, 0.15) is 11.5 Å². The predicted molar refractivity (Wildman–Crippen MR) is 83.6 cm³/mol. The van der Waals surface area contributed by atoms with Crippen LogP contribution in [-0.2, 0) is 6.54 Å². The smallest absolute Gasteiger partial charge is 0.239 e. The summed E-state index contributed by atoms with van der Waals surface area (Å²) in [5.41, 5.74) is 3.76. The SMILES string of the molecule is COc1nccc(N(C)C)c1NCc1ccc(F)cc1C. The summed E-state index contributed by atoms with van der Waals surface area (Å²) in [7, 11) is 5.52. The highest BCUT2D eigenvalue weighted by atomic mass is 19.1. The van der Waals surface area contributed by atoms with Crippen LogP contribution in [0.5, 0.6) is 5.88 Å². The van der Waals surface area contributed by atoms with Gasteiger partial charge in [-0.3, -0.25) is 0 Å². The van der Waals surface area contributed by atoms with Crippen molar-refractivity contribution in [1.29, 1.82) is 0 Å². The van der Waals surface area contributed by atoms with Gasteiger partial charge in [0.25, 0.3) is 0 Å². The number of anilines is 2. The minimum absolute atomic E-state index is 0.218. The Balaban J connectivity index is 2.26. The molecular formula is C16H20FN3O. The monoisotopic (exact) mass is 289 g/mol. The van der Waals surface area contributed by atoms with Gasteiger partial charge >= 0.3 is 0 Å². The van der Waals surface area contributed by atoms with Gasteiger partial charge in [0.15, 0.2) is 0 Å². The van der Waals surface area contributed by atoms with Gasteiger partial charge in [-0.15, -0.1) is 0 Å². The number of aryl methyl sites for hydroxylation is 1. The van der Waals surface area contributed by atoms with E-state index < -0.39 is 0 Å². The van der Waals surface area contributed by atoms with Crippen LogP contribution in [0.3, 0.4) is 0 Å². The molecule has 1 aromatic heterocycles. The molecule has 0 saturated carbocycles. The fourth-order valence-electron chi connectivity index (χ4n) is 2.17. The number of halogens is 1. The Hall–Kier alpha value is -2.30. The summed E-state index contributed by atoms with van der Waals surface area (Å²) in [6.45, 7) is 2.47. The van der Waals surface area contributed by atoms with E-state index in [1.165, 1.54) is 12.1 Å². The highest BCUT2D eigenvalue weighted by Crippen LogP contribution is 2.32. The van der Waals surface area contributed by atoms with Crippen LogP contribution in [0.1, 0.15) is 11.1 Å². The zero-order valence-corrected chi connectivity index (χ0v) is 12.8. The molecule has 2 aromatic rings. The molecule has 21 heavy (non-hydrogen) atoms. The first kappa shape index (κ1) is 15.1. The van der Waals surface area contributed by atoms with Crippen LogP contribution in [0.2, 0.25) is 0 Å². The van der Waals surface area contributed by atoms with Gasteiger partial charge in [-0.05, 0) is 36.2 Å². The van der Waals surface area contributed by atoms with Crippen molar-refractivity contribution in [3.05, 3.63) is 47.4 Å². The van der Waals surface area contributed by atoms with Crippen LogP contribution >= 0.6 is 0 Å². The third kappa shape index (κ3) is 3.42. The topological polar surface area (TPSA) is 37.4 Å². The number of hydrogen-bond acceptors (Lipinski definition) is 4. The summed E-state index contributed by atoms with van der Waals surface area (Å²) < 4.78 is 18.5. The highest BCUT2D eigenvalue weighted by molar-refractivity contribution is 5.74. The predicted octanol–water partition coefficient (Wildman–Crippen LogP) is 3.22. The van der Waals surface area contributed by atoms with Crippen LogP contribution in [0, 0.1) is 12.7 Å². The Morgan fingerprint density at radius 3 is 2.67 bits per heavy atom. The van der Waals surface area contributed by atoms with E-state index in [9.17, 15) is 4.39 Å². The number of pyridine rings is 1. The molecule has 2 rings (SSSR count). The van der Waals surface area contributed by atoms with Gasteiger partial charge in [0.2, 0.25) is 5.88 Å². The second kappa shape index (κ2) is 6.43. The number of benzene rings is 1. The first-order valence-corrected chi connectivity index (χ1v) is 6.72. The maximum Gasteiger partial charge on any atom is 0.239 e. The van der Waals surface area contributed by atoms with Crippen LogP contribution in [-0.4, -0.2) is 26.2 Å². The molecule has 0 aliphatic heterocycles. The van der Waals surface area contributed by atoms with Crippen molar-refractivity contribution >= 4 is 11.4 Å². The molecule has 0 radical (unpaired) electrons. The summed E-state index contributed by atoms with van der Waals surface area (Å²) in [6, 6.07) is 6.71. The van der Waals surface area contributed by atoms with Gasteiger partial charge in [-0.1, -0.05) is 6.07 Å². The quantitative estimate of drug-likeness (QED) is 0.917. The standard InChI is InChI=1S/C16H20FN3O/c1-11-9-13(17)6-5-12(11)10-19-15-14(20(2)3)7-8-18-16(15)21-4/h5-9,19H,10H2,1-4H3. The number of nitrogens with zero attached hydrogens (tertiary/aromatic N) is 2. The zero-order valence-electron chi connectivity index (χ0n) is 12.8. The molecule has 5 heteroatoms. The molecule has 1 heterocycles. The lowest BCUT2D eigenvalue weighted by Gasteiger charge is -2.20. The van der Waals surface area contributed by atoms with E-state index in [1.807, 2.05) is 32.0 Å². The number of hydrogen-bond donors (Lipinski definition) is 1. The number of ether oxygens (including phenoxy) is 1. The average molecular weight is 289 g/mol. The molecule has 0 atom stereocenters. The molecule has 0 amide bonds. The lowest BCUT2D eigenvalue weighted by molar-refractivity contribution is 0.400. The van der Waals surface area contributed by atoms with E-state index in [0.29, 0.717) is 12.4 Å². The van der Waals surface area contributed by atoms with E-state index in [2.05, 4.69) is 10.3 Å². The fraction of sp³-hybridized carbons (Fsp3) is 0.312. The molecule has 1 N–H and O–H groups in total. The maximum atomic E-state index is 13.1. The van der Waals surface area contributed by atoms with E-state index in [0.717, 1.165) is 22.5 Å². The molecule has 0 bridgehead atoms. The first-order chi connectivity index (χ1) is 10.0. The van der Waals surface area contributed by atoms with Gasteiger partial charge in [-0.2, -0.15) is 0 Å². The Kier molecular flexibility index (Phi) is 4.62. The van der Waals surface area contributed by atoms with Crippen molar-refractivity contribution in [3.8, 4) is 5.88 Å². The van der Waals surface area contributed by atoms with E-state index in [1.54, 1.807) is 19.4 Å². The third-order valence-electron chi connectivity index (χ3n) is 3.33. The minimum Gasteiger partial charge on any atom is -0.479 e. The fourth-order valence-corrected chi connectivity index (χ4v) is 2.17. The Bertz CT molecular complexity index is 629. The second-order valence-corrected chi connectivity index (χ2v) is 5.03. The van der Waals surface area contributed by atoms with Crippen molar-refractivity contribution in [1.82, 2.24) is 4.98 Å². The van der Waals surface area contributed by atoms with E-state index in [-0.39, 0.29) is 5.82 Å². The summed E-state index contributed by atoms with van der Waals surface area (Å²) in [5, 5.41) is 3.34. The second-order valence-electron chi connectivity index (χ2n) is 5.03. The minimum atomic E-state index is -0.218. The van der Waals surface area contributed by atoms with Crippen LogP contribution < -0.4 is 15.0 Å². The first-order valence-electron chi connectivity index (χ1n) is 6.72. The van der Waals surface area contributed by atoms with Crippen molar-refractivity contribution in [3.63, 3.8) is 0 Å². The van der Waals surface area contributed by atoms with E-state index >= 15 is 0 Å². The molecule has 1 aromatic carbocycles. The maximum absolute atomic E-state index is 13.1. The van der Waals surface area contributed by atoms with Crippen molar-refractivity contribution in [2.45, 2.75) is 13.5 Å². The third-order valence-corrected chi connectivity index (χ3v) is 3.33. The summed E-state index contributed by atoms with van der Waals surface area (Å²) in [5.74, 6) is 0.324. The zero-order chi connectivity index (χ0) is 15.4.